The summed E-state index contributed by atoms with van der Waals surface area (Å²) < 4.78 is 11.0. The minimum Gasteiger partial charge on any atom is -0.495 e. The first kappa shape index (κ1) is 20.3. The first-order chi connectivity index (χ1) is 12.7. The summed E-state index contributed by atoms with van der Waals surface area (Å²) in [6.07, 6.45) is 0. The van der Waals surface area contributed by atoms with Crippen LogP contribution in [0.1, 0.15) is 33.3 Å². The third-order valence-corrected chi connectivity index (χ3v) is 3.85. The summed E-state index contributed by atoms with van der Waals surface area (Å²) >= 11 is 0. The van der Waals surface area contributed by atoms with Crippen LogP contribution in [0.2, 0.25) is 0 Å². The monoisotopic (exact) mass is 370 g/mol. The van der Waals surface area contributed by atoms with Gasteiger partial charge in [-0.3, -0.25) is 9.59 Å². The molecule has 0 aliphatic heterocycles. The van der Waals surface area contributed by atoms with Gasteiger partial charge in [-0.05, 0) is 35.2 Å². The van der Waals surface area contributed by atoms with Gasteiger partial charge >= 0.3 is 0 Å². The van der Waals surface area contributed by atoms with Gasteiger partial charge in [-0.1, -0.05) is 39.0 Å². The number of carbonyl (C=O) groups is 2. The SMILES string of the molecule is COc1ccc(NC(C)=O)cc1NC(=O)COc1ccccc1C(C)(C)C. The molecule has 27 heavy (non-hydrogen) atoms. The summed E-state index contributed by atoms with van der Waals surface area (Å²) in [5.74, 6) is 0.656. The van der Waals surface area contributed by atoms with E-state index in [9.17, 15) is 9.59 Å². The maximum Gasteiger partial charge on any atom is 0.262 e. The summed E-state index contributed by atoms with van der Waals surface area (Å²) in [6.45, 7) is 7.55. The Bertz CT molecular complexity index is 825. The highest BCUT2D eigenvalue weighted by atomic mass is 16.5. The van der Waals surface area contributed by atoms with Crippen LogP contribution in [-0.4, -0.2) is 25.5 Å². The van der Waals surface area contributed by atoms with Gasteiger partial charge in [0.1, 0.15) is 11.5 Å². The topological polar surface area (TPSA) is 76.7 Å². The zero-order chi connectivity index (χ0) is 20.0. The van der Waals surface area contributed by atoms with E-state index in [1.165, 1.54) is 14.0 Å². The average molecular weight is 370 g/mol. The number of rotatable bonds is 6. The Kier molecular flexibility index (Phi) is 6.45. The number of methoxy groups -OCH3 is 1. The normalized spacial score (nSPS) is 10.9. The maximum atomic E-state index is 12.4. The summed E-state index contributed by atoms with van der Waals surface area (Å²) in [5, 5.41) is 5.44. The molecule has 0 saturated heterocycles. The molecule has 2 amide bonds. The number of ether oxygens (including phenoxy) is 2. The van der Waals surface area contributed by atoms with Crippen LogP contribution >= 0.6 is 0 Å². The van der Waals surface area contributed by atoms with Crippen molar-refractivity contribution in [3.8, 4) is 11.5 Å². The Morgan fingerprint density at radius 2 is 1.70 bits per heavy atom. The van der Waals surface area contributed by atoms with Crippen LogP contribution in [0.15, 0.2) is 42.5 Å². The number of anilines is 2. The standard InChI is InChI=1S/C21H26N2O4/c1-14(24)22-15-10-11-19(26-5)17(12-15)23-20(25)13-27-18-9-7-6-8-16(18)21(2,3)4/h6-12H,13H2,1-5H3,(H,22,24)(H,23,25). The Balaban J connectivity index is 2.09. The van der Waals surface area contributed by atoms with E-state index >= 15 is 0 Å². The molecule has 0 atom stereocenters. The largest absolute Gasteiger partial charge is 0.495 e. The van der Waals surface area contributed by atoms with E-state index in [0.717, 1.165) is 5.56 Å². The van der Waals surface area contributed by atoms with Crippen LogP contribution in [-0.2, 0) is 15.0 Å². The molecular formula is C21H26N2O4. The van der Waals surface area contributed by atoms with Crippen molar-refractivity contribution in [2.24, 2.45) is 0 Å². The van der Waals surface area contributed by atoms with Crippen molar-refractivity contribution in [3.63, 3.8) is 0 Å². The summed E-state index contributed by atoms with van der Waals surface area (Å²) in [7, 11) is 1.51. The molecule has 0 spiro atoms. The summed E-state index contributed by atoms with van der Waals surface area (Å²) in [5.41, 5.74) is 1.96. The second-order valence-corrected chi connectivity index (χ2v) is 7.18. The highest BCUT2D eigenvalue weighted by molar-refractivity contribution is 5.95. The third-order valence-electron chi connectivity index (χ3n) is 3.85. The summed E-state index contributed by atoms with van der Waals surface area (Å²) in [4.78, 5) is 23.6. The van der Waals surface area contributed by atoms with Crippen LogP contribution < -0.4 is 20.1 Å². The minimum atomic E-state index is -0.322. The highest BCUT2D eigenvalue weighted by Crippen LogP contribution is 2.31. The lowest BCUT2D eigenvalue weighted by Crippen LogP contribution is -2.22. The predicted octanol–water partition coefficient (Wildman–Crippen LogP) is 3.97. The van der Waals surface area contributed by atoms with Crippen LogP contribution in [0.25, 0.3) is 0 Å². The first-order valence-electron chi connectivity index (χ1n) is 8.68. The van der Waals surface area contributed by atoms with Crippen molar-refractivity contribution in [3.05, 3.63) is 48.0 Å². The number of carbonyl (C=O) groups excluding carboxylic acids is 2. The van der Waals surface area contributed by atoms with Crippen LogP contribution in [0.4, 0.5) is 11.4 Å². The number of benzene rings is 2. The molecule has 0 radical (unpaired) electrons. The predicted molar refractivity (Wildman–Crippen MR) is 107 cm³/mol. The number of amides is 2. The lowest BCUT2D eigenvalue weighted by atomic mass is 9.86. The maximum absolute atomic E-state index is 12.4. The number of nitrogens with one attached hydrogen (secondary N) is 2. The van der Waals surface area contributed by atoms with Crippen molar-refractivity contribution < 1.29 is 19.1 Å². The molecule has 0 heterocycles. The molecule has 0 saturated carbocycles. The van der Waals surface area contributed by atoms with Crippen LogP contribution in [0.3, 0.4) is 0 Å². The van der Waals surface area contributed by atoms with Crippen LogP contribution in [0.5, 0.6) is 11.5 Å². The van der Waals surface area contributed by atoms with Gasteiger partial charge in [0.05, 0.1) is 12.8 Å². The van der Waals surface area contributed by atoms with Gasteiger partial charge in [0.25, 0.3) is 5.91 Å². The molecule has 2 aromatic rings. The summed E-state index contributed by atoms with van der Waals surface area (Å²) in [6, 6.07) is 12.7. The molecule has 0 bridgehead atoms. The Morgan fingerprint density at radius 1 is 1.00 bits per heavy atom. The fourth-order valence-electron chi connectivity index (χ4n) is 2.63. The van der Waals surface area contributed by atoms with E-state index < -0.39 is 0 Å². The fraction of sp³-hybridized carbons (Fsp3) is 0.333. The molecule has 0 aliphatic rings. The van der Waals surface area contributed by atoms with Crippen molar-refractivity contribution in [2.45, 2.75) is 33.1 Å². The molecule has 2 rings (SSSR count). The van der Waals surface area contributed by atoms with Crippen LogP contribution in [0, 0.1) is 0 Å². The molecular weight excluding hydrogens is 344 g/mol. The fourth-order valence-corrected chi connectivity index (χ4v) is 2.63. The average Bonchev–Trinajstić information content (AvgIpc) is 2.59. The molecule has 0 fully saturated rings. The molecule has 2 N–H and O–H groups in total. The van der Waals surface area contributed by atoms with E-state index in [1.54, 1.807) is 18.2 Å². The first-order valence-corrected chi connectivity index (χ1v) is 8.68. The second-order valence-electron chi connectivity index (χ2n) is 7.18. The number of hydrogen-bond donors (Lipinski definition) is 2. The molecule has 6 nitrogen and oxygen atoms in total. The highest BCUT2D eigenvalue weighted by Gasteiger charge is 2.19. The number of para-hydroxylation sites is 1. The minimum absolute atomic E-state index is 0.0943. The zero-order valence-electron chi connectivity index (χ0n) is 16.4. The molecule has 0 aromatic heterocycles. The lowest BCUT2D eigenvalue weighted by molar-refractivity contribution is -0.118. The Morgan fingerprint density at radius 3 is 2.33 bits per heavy atom. The number of hydrogen-bond acceptors (Lipinski definition) is 4. The van der Waals surface area contributed by atoms with E-state index in [-0.39, 0.29) is 23.8 Å². The second kappa shape index (κ2) is 8.58. The van der Waals surface area contributed by atoms with E-state index in [1.807, 2.05) is 24.3 Å². The quantitative estimate of drug-likeness (QED) is 0.807. The van der Waals surface area contributed by atoms with E-state index in [4.69, 9.17) is 9.47 Å². The van der Waals surface area contributed by atoms with Gasteiger partial charge in [-0.2, -0.15) is 0 Å². The van der Waals surface area contributed by atoms with Gasteiger partial charge in [0.15, 0.2) is 6.61 Å². The van der Waals surface area contributed by atoms with Gasteiger partial charge < -0.3 is 20.1 Å². The third kappa shape index (κ3) is 5.74. The lowest BCUT2D eigenvalue weighted by Gasteiger charge is -2.22. The van der Waals surface area contributed by atoms with Crippen molar-refractivity contribution in [1.29, 1.82) is 0 Å². The van der Waals surface area contributed by atoms with Gasteiger partial charge in [0, 0.05) is 12.6 Å². The van der Waals surface area contributed by atoms with Gasteiger partial charge in [-0.25, -0.2) is 0 Å². The van der Waals surface area contributed by atoms with Crippen molar-refractivity contribution in [2.75, 3.05) is 24.4 Å². The van der Waals surface area contributed by atoms with Gasteiger partial charge in [-0.15, -0.1) is 0 Å². The zero-order valence-corrected chi connectivity index (χ0v) is 16.4. The Labute approximate surface area is 159 Å². The van der Waals surface area contributed by atoms with E-state index in [0.29, 0.717) is 22.9 Å². The molecule has 0 unspecified atom stereocenters. The Hall–Kier alpha value is -3.02. The molecule has 144 valence electrons. The molecule has 6 heteroatoms. The van der Waals surface area contributed by atoms with Gasteiger partial charge in [0.2, 0.25) is 5.91 Å². The smallest absolute Gasteiger partial charge is 0.262 e. The van der Waals surface area contributed by atoms with Crippen molar-refractivity contribution >= 4 is 23.2 Å². The molecule has 0 aliphatic carbocycles. The van der Waals surface area contributed by atoms with Crippen molar-refractivity contribution in [1.82, 2.24) is 0 Å². The van der Waals surface area contributed by atoms with E-state index in [2.05, 4.69) is 31.4 Å². The molecule has 2 aromatic carbocycles.